The van der Waals surface area contributed by atoms with Gasteiger partial charge >= 0.3 is 0 Å². The molecular formula is C16H18N2O5S. The van der Waals surface area contributed by atoms with Crippen LogP contribution in [0.15, 0.2) is 47.4 Å². The van der Waals surface area contributed by atoms with Gasteiger partial charge in [-0.25, -0.2) is 8.42 Å². The van der Waals surface area contributed by atoms with Crippen molar-refractivity contribution in [3.05, 3.63) is 63.7 Å². The number of nitro groups is 1. The molecule has 0 aliphatic rings. The van der Waals surface area contributed by atoms with Gasteiger partial charge in [0.15, 0.2) is 0 Å². The molecule has 0 spiro atoms. The summed E-state index contributed by atoms with van der Waals surface area (Å²) < 4.78 is 33.1. The van der Waals surface area contributed by atoms with Crippen LogP contribution >= 0.6 is 0 Å². The van der Waals surface area contributed by atoms with Gasteiger partial charge in [0.1, 0.15) is 0 Å². The van der Waals surface area contributed by atoms with E-state index in [1.54, 1.807) is 24.3 Å². The Kier molecular flexibility index (Phi) is 5.53. The molecule has 128 valence electrons. The summed E-state index contributed by atoms with van der Waals surface area (Å²) in [6.45, 7) is 4.18. The molecule has 1 N–H and O–H groups in total. The quantitative estimate of drug-likeness (QED) is 0.610. The van der Waals surface area contributed by atoms with E-state index in [1.807, 2.05) is 6.92 Å². The summed E-state index contributed by atoms with van der Waals surface area (Å²) in [6.07, 6.45) is 0. The van der Waals surface area contributed by atoms with Crippen molar-refractivity contribution in [1.82, 2.24) is 0 Å². The minimum atomic E-state index is -3.86. The number of rotatable bonds is 7. The van der Waals surface area contributed by atoms with Crippen molar-refractivity contribution < 1.29 is 18.1 Å². The molecule has 0 radical (unpaired) electrons. The van der Waals surface area contributed by atoms with Crippen LogP contribution in [-0.4, -0.2) is 19.9 Å². The number of non-ortho nitro benzene ring substituents is 1. The number of nitrogens with one attached hydrogen (secondary N) is 1. The van der Waals surface area contributed by atoms with Gasteiger partial charge in [0.05, 0.1) is 22.1 Å². The van der Waals surface area contributed by atoms with Crippen LogP contribution in [0.1, 0.15) is 18.1 Å². The fraction of sp³-hybridized carbons (Fsp3) is 0.250. The maximum atomic E-state index is 12.6. The highest BCUT2D eigenvalue weighted by Crippen LogP contribution is 2.25. The van der Waals surface area contributed by atoms with Crippen molar-refractivity contribution in [3.8, 4) is 0 Å². The van der Waals surface area contributed by atoms with E-state index in [0.29, 0.717) is 23.4 Å². The Morgan fingerprint density at radius 3 is 2.54 bits per heavy atom. The summed E-state index contributed by atoms with van der Waals surface area (Å²) in [7, 11) is -3.86. The fourth-order valence-electron chi connectivity index (χ4n) is 2.21. The first-order chi connectivity index (χ1) is 11.3. The molecule has 0 heterocycles. The molecule has 0 atom stereocenters. The second-order valence-corrected chi connectivity index (χ2v) is 6.76. The number of para-hydroxylation sites is 1. The van der Waals surface area contributed by atoms with Gasteiger partial charge < -0.3 is 4.74 Å². The number of nitro benzene ring substituents is 1. The number of ether oxygens (including phenoxy) is 1. The van der Waals surface area contributed by atoms with Gasteiger partial charge in [-0.15, -0.1) is 0 Å². The number of nitrogens with zero attached hydrogens (tertiary/aromatic N) is 1. The van der Waals surface area contributed by atoms with Gasteiger partial charge in [0, 0.05) is 24.3 Å². The van der Waals surface area contributed by atoms with E-state index in [0.717, 1.165) is 0 Å². The molecule has 7 nitrogen and oxygen atoms in total. The lowest BCUT2D eigenvalue weighted by Crippen LogP contribution is -2.15. The Bertz CT molecular complexity index is 849. The molecule has 0 fully saturated rings. The van der Waals surface area contributed by atoms with Crippen molar-refractivity contribution in [2.75, 3.05) is 11.3 Å². The Labute approximate surface area is 140 Å². The zero-order valence-electron chi connectivity index (χ0n) is 13.4. The van der Waals surface area contributed by atoms with E-state index in [4.69, 9.17) is 4.74 Å². The van der Waals surface area contributed by atoms with Gasteiger partial charge in [-0.2, -0.15) is 0 Å². The van der Waals surface area contributed by atoms with E-state index in [9.17, 15) is 18.5 Å². The van der Waals surface area contributed by atoms with Gasteiger partial charge in [0.25, 0.3) is 15.7 Å². The topological polar surface area (TPSA) is 98.5 Å². The van der Waals surface area contributed by atoms with Crippen LogP contribution in [0.25, 0.3) is 0 Å². The SMILES string of the molecule is CCOCc1ccccc1NS(=O)(=O)c1ccc([N+](=O)[O-])cc1C. The monoisotopic (exact) mass is 350 g/mol. The zero-order chi connectivity index (χ0) is 17.7. The average molecular weight is 350 g/mol. The third kappa shape index (κ3) is 4.09. The van der Waals surface area contributed by atoms with E-state index < -0.39 is 14.9 Å². The van der Waals surface area contributed by atoms with Crippen LogP contribution in [0.2, 0.25) is 0 Å². The highest BCUT2D eigenvalue weighted by molar-refractivity contribution is 7.92. The highest BCUT2D eigenvalue weighted by Gasteiger charge is 2.20. The molecule has 0 bridgehead atoms. The third-order valence-electron chi connectivity index (χ3n) is 3.38. The van der Waals surface area contributed by atoms with E-state index >= 15 is 0 Å². The second kappa shape index (κ2) is 7.41. The standard InChI is InChI=1S/C16H18N2O5S/c1-3-23-11-13-6-4-5-7-15(13)17-24(21,22)16-9-8-14(18(19)20)10-12(16)2/h4-10,17H,3,11H2,1-2H3. The molecule has 0 aliphatic carbocycles. The fourth-order valence-corrected chi connectivity index (χ4v) is 3.53. The lowest BCUT2D eigenvalue weighted by atomic mass is 10.2. The van der Waals surface area contributed by atoms with Crippen molar-refractivity contribution >= 4 is 21.4 Å². The van der Waals surface area contributed by atoms with Crippen LogP contribution in [-0.2, 0) is 21.4 Å². The Morgan fingerprint density at radius 1 is 1.21 bits per heavy atom. The first-order valence-corrected chi connectivity index (χ1v) is 8.77. The van der Waals surface area contributed by atoms with Gasteiger partial charge in [-0.3, -0.25) is 14.8 Å². The molecule has 24 heavy (non-hydrogen) atoms. The molecule has 2 aromatic rings. The van der Waals surface area contributed by atoms with Crippen LogP contribution in [0.3, 0.4) is 0 Å². The molecule has 0 saturated heterocycles. The number of aryl methyl sites for hydroxylation is 1. The van der Waals surface area contributed by atoms with Crippen molar-refractivity contribution in [1.29, 1.82) is 0 Å². The predicted octanol–water partition coefficient (Wildman–Crippen LogP) is 3.24. The molecule has 0 unspecified atom stereocenters. The molecule has 0 aliphatic heterocycles. The van der Waals surface area contributed by atoms with Crippen LogP contribution in [0, 0.1) is 17.0 Å². The predicted molar refractivity (Wildman–Crippen MR) is 90.4 cm³/mol. The van der Waals surface area contributed by atoms with E-state index in [2.05, 4.69) is 4.72 Å². The van der Waals surface area contributed by atoms with E-state index in [-0.39, 0.29) is 17.2 Å². The maximum absolute atomic E-state index is 12.6. The largest absolute Gasteiger partial charge is 0.377 e. The Morgan fingerprint density at radius 2 is 1.92 bits per heavy atom. The summed E-state index contributed by atoms with van der Waals surface area (Å²) in [6, 6.07) is 10.6. The van der Waals surface area contributed by atoms with Crippen LogP contribution in [0.5, 0.6) is 0 Å². The van der Waals surface area contributed by atoms with Gasteiger partial charge in [-0.1, -0.05) is 18.2 Å². The minimum Gasteiger partial charge on any atom is -0.377 e. The number of hydrogen-bond acceptors (Lipinski definition) is 5. The van der Waals surface area contributed by atoms with Crippen LogP contribution < -0.4 is 4.72 Å². The summed E-state index contributed by atoms with van der Waals surface area (Å²) in [4.78, 5) is 10.2. The highest BCUT2D eigenvalue weighted by atomic mass is 32.2. The smallest absolute Gasteiger partial charge is 0.269 e. The number of sulfonamides is 1. The number of benzene rings is 2. The lowest BCUT2D eigenvalue weighted by molar-refractivity contribution is -0.385. The second-order valence-electron chi connectivity index (χ2n) is 5.11. The van der Waals surface area contributed by atoms with Gasteiger partial charge in [-0.05, 0) is 31.5 Å². The molecule has 2 rings (SSSR count). The van der Waals surface area contributed by atoms with Crippen LogP contribution in [0.4, 0.5) is 11.4 Å². The average Bonchev–Trinajstić information content (AvgIpc) is 2.53. The minimum absolute atomic E-state index is 0.000636. The summed E-state index contributed by atoms with van der Waals surface area (Å²) >= 11 is 0. The van der Waals surface area contributed by atoms with Gasteiger partial charge in [0.2, 0.25) is 0 Å². The summed E-state index contributed by atoms with van der Waals surface area (Å²) in [5, 5.41) is 10.8. The normalized spacial score (nSPS) is 11.2. The van der Waals surface area contributed by atoms with Crippen molar-refractivity contribution in [2.24, 2.45) is 0 Å². The molecule has 8 heteroatoms. The number of anilines is 1. The summed E-state index contributed by atoms with van der Waals surface area (Å²) in [5.41, 5.74) is 1.29. The first kappa shape index (κ1) is 17.9. The molecule has 0 aromatic heterocycles. The lowest BCUT2D eigenvalue weighted by Gasteiger charge is -2.13. The maximum Gasteiger partial charge on any atom is 0.269 e. The summed E-state index contributed by atoms with van der Waals surface area (Å²) in [5.74, 6) is 0. The number of hydrogen-bond donors (Lipinski definition) is 1. The van der Waals surface area contributed by atoms with Crippen molar-refractivity contribution in [2.45, 2.75) is 25.3 Å². The molecular weight excluding hydrogens is 332 g/mol. The third-order valence-corrected chi connectivity index (χ3v) is 4.91. The molecule has 0 saturated carbocycles. The van der Waals surface area contributed by atoms with Crippen molar-refractivity contribution in [3.63, 3.8) is 0 Å². The Balaban J connectivity index is 2.34. The zero-order valence-corrected chi connectivity index (χ0v) is 14.2. The first-order valence-electron chi connectivity index (χ1n) is 7.28. The Hall–Kier alpha value is -2.45. The molecule has 2 aromatic carbocycles. The molecule has 0 amide bonds. The van der Waals surface area contributed by atoms with E-state index in [1.165, 1.54) is 25.1 Å².